The molecule has 1 N–H and O–H groups in total. The van der Waals surface area contributed by atoms with Crippen LogP contribution in [-0.4, -0.2) is 33.3 Å². The Hall–Kier alpha value is -2.38. The molecule has 8 heteroatoms. The van der Waals surface area contributed by atoms with Crippen LogP contribution in [0, 0.1) is 0 Å². The van der Waals surface area contributed by atoms with E-state index in [1.165, 1.54) is 17.3 Å². The van der Waals surface area contributed by atoms with E-state index >= 15 is 0 Å². The highest BCUT2D eigenvalue weighted by atomic mass is 35.5. The summed E-state index contributed by atoms with van der Waals surface area (Å²) in [5.41, 5.74) is 3.31. The minimum atomic E-state index is -0.130. The summed E-state index contributed by atoms with van der Waals surface area (Å²) in [7, 11) is 0. The van der Waals surface area contributed by atoms with Gasteiger partial charge in [-0.25, -0.2) is 9.67 Å². The molecule has 6 nitrogen and oxygen atoms in total. The molecule has 1 unspecified atom stereocenters. The molecule has 3 aromatic rings. The summed E-state index contributed by atoms with van der Waals surface area (Å²) in [6.07, 6.45) is 3.51. The average molecular weight is 375 g/mol. The van der Waals surface area contributed by atoms with E-state index in [0.29, 0.717) is 11.6 Å². The van der Waals surface area contributed by atoms with E-state index in [4.69, 9.17) is 16.3 Å². The van der Waals surface area contributed by atoms with Crippen LogP contribution in [0.15, 0.2) is 41.6 Å². The number of nitrogens with zero attached hydrogens (tertiary/aromatic N) is 3. The second-order valence-electron chi connectivity index (χ2n) is 5.80. The lowest BCUT2D eigenvalue weighted by Crippen LogP contribution is -2.36. The van der Waals surface area contributed by atoms with Gasteiger partial charge in [-0.1, -0.05) is 11.6 Å². The highest BCUT2D eigenvalue weighted by Gasteiger charge is 2.26. The Labute approximate surface area is 153 Å². The molecule has 3 heterocycles. The van der Waals surface area contributed by atoms with Gasteiger partial charge in [0.05, 0.1) is 11.6 Å². The number of fused-ring (bicyclic) bond motifs is 1. The molecule has 1 amide bonds. The van der Waals surface area contributed by atoms with Crippen molar-refractivity contribution >= 4 is 28.8 Å². The summed E-state index contributed by atoms with van der Waals surface area (Å²) in [6.45, 7) is 0.565. The van der Waals surface area contributed by atoms with Crippen molar-refractivity contribution in [1.82, 2.24) is 20.1 Å². The SMILES string of the molecule is O=C(Cn1cncn1)NCC1Cc2cc(-c3ccsc3)cc(Cl)c2O1. The maximum Gasteiger partial charge on any atom is 0.241 e. The number of hydrogen-bond donors (Lipinski definition) is 1. The third-order valence-corrected chi connectivity index (χ3v) is 4.97. The molecule has 0 radical (unpaired) electrons. The molecule has 0 aliphatic carbocycles. The number of carbonyl (C=O) groups is 1. The molecule has 25 heavy (non-hydrogen) atoms. The van der Waals surface area contributed by atoms with Crippen LogP contribution in [0.25, 0.3) is 11.1 Å². The van der Waals surface area contributed by atoms with Crippen molar-refractivity contribution in [2.75, 3.05) is 6.54 Å². The first-order chi connectivity index (χ1) is 12.2. The highest BCUT2D eigenvalue weighted by Crippen LogP contribution is 2.39. The van der Waals surface area contributed by atoms with Gasteiger partial charge >= 0.3 is 0 Å². The normalized spacial score (nSPS) is 15.6. The van der Waals surface area contributed by atoms with Crippen LogP contribution in [0.3, 0.4) is 0 Å². The Morgan fingerprint density at radius 3 is 3.12 bits per heavy atom. The minimum absolute atomic E-state index is 0.120. The largest absolute Gasteiger partial charge is 0.486 e. The Kier molecular flexibility index (Phi) is 4.42. The van der Waals surface area contributed by atoms with E-state index in [1.54, 1.807) is 11.3 Å². The lowest BCUT2D eigenvalue weighted by atomic mass is 10.0. The smallest absolute Gasteiger partial charge is 0.241 e. The fraction of sp³-hybridized carbons (Fsp3) is 0.235. The Morgan fingerprint density at radius 2 is 2.36 bits per heavy atom. The van der Waals surface area contributed by atoms with E-state index < -0.39 is 0 Å². The van der Waals surface area contributed by atoms with Crippen LogP contribution in [0.4, 0.5) is 0 Å². The number of nitrogens with one attached hydrogen (secondary N) is 1. The molecule has 0 fully saturated rings. The maximum atomic E-state index is 11.9. The summed E-state index contributed by atoms with van der Waals surface area (Å²) in [5.74, 6) is 0.589. The van der Waals surface area contributed by atoms with Crippen molar-refractivity contribution in [1.29, 1.82) is 0 Å². The fourth-order valence-corrected chi connectivity index (χ4v) is 3.79. The number of amides is 1. The number of ether oxygens (including phenoxy) is 1. The average Bonchev–Trinajstić information content (AvgIpc) is 3.34. The molecule has 4 rings (SSSR count). The predicted octanol–water partition coefficient (Wildman–Crippen LogP) is 2.78. The number of benzene rings is 1. The molecule has 1 aliphatic rings. The Morgan fingerprint density at radius 1 is 1.44 bits per heavy atom. The molecule has 2 aromatic heterocycles. The maximum absolute atomic E-state index is 11.9. The number of rotatable bonds is 5. The van der Waals surface area contributed by atoms with E-state index in [0.717, 1.165) is 28.9 Å². The Bertz CT molecular complexity index is 880. The summed E-state index contributed by atoms with van der Waals surface area (Å²) >= 11 is 8.04. The number of carbonyl (C=O) groups excluding carboxylic acids is 1. The van der Waals surface area contributed by atoms with Gasteiger partial charge in [0.2, 0.25) is 5.91 Å². The molecule has 1 atom stereocenters. The highest BCUT2D eigenvalue weighted by molar-refractivity contribution is 7.08. The standard InChI is InChI=1S/C17H15ClN4O2S/c18-15-5-12(11-1-2-25-8-11)3-13-4-14(24-17(13)15)6-20-16(23)7-22-10-19-9-21-22/h1-3,5,8-10,14H,4,6-7H2,(H,20,23). The predicted molar refractivity (Wildman–Crippen MR) is 95.9 cm³/mol. The number of hydrogen-bond acceptors (Lipinski definition) is 5. The van der Waals surface area contributed by atoms with Gasteiger partial charge in [0, 0.05) is 12.0 Å². The van der Waals surface area contributed by atoms with Crippen molar-refractivity contribution in [3.8, 4) is 16.9 Å². The Balaban J connectivity index is 1.39. The second kappa shape index (κ2) is 6.85. The van der Waals surface area contributed by atoms with Gasteiger partial charge < -0.3 is 10.1 Å². The van der Waals surface area contributed by atoms with Gasteiger partial charge in [0.25, 0.3) is 0 Å². The van der Waals surface area contributed by atoms with Gasteiger partial charge in [0.15, 0.2) is 0 Å². The van der Waals surface area contributed by atoms with Crippen LogP contribution in [0.1, 0.15) is 5.56 Å². The van der Waals surface area contributed by atoms with Crippen LogP contribution < -0.4 is 10.1 Å². The minimum Gasteiger partial charge on any atom is -0.486 e. The van der Waals surface area contributed by atoms with Crippen molar-refractivity contribution in [2.24, 2.45) is 0 Å². The third-order valence-electron chi connectivity index (χ3n) is 4.01. The van der Waals surface area contributed by atoms with Gasteiger partial charge in [-0.3, -0.25) is 4.79 Å². The topological polar surface area (TPSA) is 69.0 Å². The van der Waals surface area contributed by atoms with Crippen molar-refractivity contribution in [3.05, 3.63) is 52.2 Å². The van der Waals surface area contributed by atoms with Crippen LogP contribution in [-0.2, 0) is 17.8 Å². The monoisotopic (exact) mass is 374 g/mol. The van der Waals surface area contributed by atoms with Crippen molar-refractivity contribution in [3.63, 3.8) is 0 Å². The molecule has 0 saturated carbocycles. The first kappa shape index (κ1) is 16.1. The second-order valence-corrected chi connectivity index (χ2v) is 6.99. The number of thiophene rings is 1. The van der Waals surface area contributed by atoms with Gasteiger partial charge in [-0.15, -0.1) is 0 Å². The van der Waals surface area contributed by atoms with Gasteiger partial charge in [-0.2, -0.15) is 16.4 Å². The molecule has 1 aromatic carbocycles. The summed E-state index contributed by atoms with van der Waals surface area (Å²) < 4.78 is 7.39. The van der Waals surface area contributed by atoms with Gasteiger partial charge in [0.1, 0.15) is 31.1 Å². The van der Waals surface area contributed by atoms with E-state index in [2.05, 4.69) is 32.9 Å². The zero-order valence-corrected chi connectivity index (χ0v) is 14.8. The van der Waals surface area contributed by atoms with Crippen molar-refractivity contribution < 1.29 is 9.53 Å². The zero-order chi connectivity index (χ0) is 17.2. The van der Waals surface area contributed by atoms with Crippen LogP contribution >= 0.6 is 22.9 Å². The van der Waals surface area contributed by atoms with Crippen molar-refractivity contribution in [2.45, 2.75) is 19.1 Å². The summed E-state index contributed by atoms with van der Waals surface area (Å²) in [6, 6.07) is 6.11. The lowest BCUT2D eigenvalue weighted by molar-refractivity contribution is -0.122. The fourth-order valence-electron chi connectivity index (χ4n) is 2.84. The van der Waals surface area contributed by atoms with E-state index in [-0.39, 0.29) is 18.6 Å². The molecular weight excluding hydrogens is 360 g/mol. The molecule has 1 aliphatic heterocycles. The molecular formula is C17H15ClN4O2S. The molecule has 0 bridgehead atoms. The first-order valence-electron chi connectivity index (χ1n) is 7.80. The molecule has 128 valence electrons. The van der Waals surface area contributed by atoms with Crippen LogP contribution in [0.5, 0.6) is 5.75 Å². The third kappa shape index (κ3) is 3.52. The number of halogens is 1. The zero-order valence-electron chi connectivity index (χ0n) is 13.2. The lowest BCUT2D eigenvalue weighted by Gasteiger charge is -2.12. The summed E-state index contributed by atoms with van der Waals surface area (Å²) in [4.78, 5) is 15.7. The number of aromatic nitrogens is 3. The quantitative estimate of drug-likeness (QED) is 0.745. The van der Waals surface area contributed by atoms with E-state index in [9.17, 15) is 4.79 Å². The van der Waals surface area contributed by atoms with Gasteiger partial charge in [-0.05, 0) is 40.1 Å². The first-order valence-corrected chi connectivity index (χ1v) is 9.12. The van der Waals surface area contributed by atoms with E-state index in [1.807, 2.05) is 11.4 Å². The van der Waals surface area contributed by atoms with Crippen LogP contribution in [0.2, 0.25) is 5.02 Å². The molecule has 0 spiro atoms. The molecule has 0 saturated heterocycles. The summed E-state index contributed by atoms with van der Waals surface area (Å²) in [5, 5.41) is 11.5.